The van der Waals surface area contributed by atoms with Crippen LogP contribution in [-0.2, 0) is 4.74 Å². The van der Waals surface area contributed by atoms with Crippen LogP contribution in [0.5, 0.6) is 0 Å². The largest absolute Gasteiger partial charge is 0.387 e. The normalized spacial score (nSPS) is 32.2. The number of hydrogen-bond donors (Lipinski definition) is 1. The maximum atomic E-state index is 10.3. The van der Waals surface area contributed by atoms with Crippen LogP contribution in [-0.4, -0.2) is 23.4 Å². The highest BCUT2D eigenvalue weighted by atomic mass is 16.5. The molecule has 0 aliphatic heterocycles. The maximum absolute atomic E-state index is 10.3. The monoisotopic (exact) mass is 214 g/mol. The highest BCUT2D eigenvalue weighted by molar-refractivity contribution is 4.85. The molecule has 0 bridgehead atoms. The molecule has 15 heavy (non-hydrogen) atoms. The van der Waals surface area contributed by atoms with Crippen LogP contribution < -0.4 is 0 Å². The van der Waals surface area contributed by atoms with E-state index in [1.807, 2.05) is 13.8 Å². The van der Waals surface area contributed by atoms with Crippen molar-refractivity contribution in [3.63, 3.8) is 0 Å². The molecule has 1 N–H and O–H groups in total. The minimum Gasteiger partial charge on any atom is -0.387 e. The number of aliphatic hydroxyl groups is 1. The Morgan fingerprint density at radius 1 is 1.33 bits per heavy atom. The summed E-state index contributed by atoms with van der Waals surface area (Å²) in [5, 5.41) is 10.3. The lowest BCUT2D eigenvalue weighted by molar-refractivity contribution is -0.0903. The van der Waals surface area contributed by atoms with Crippen molar-refractivity contribution in [2.24, 2.45) is 5.92 Å². The van der Waals surface area contributed by atoms with Gasteiger partial charge in [0.05, 0.1) is 18.3 Å². The molecule has 2 heteroatoms. The highest BCUT2D eigenvalue weighted by Gasteiger charge is 2.33. The van der Waals surface area contributed by atoms with E-state index in [0.29, 0.717) is 6.61 Å². The Bertz CT molecular complexity index is 169. The van der Waals surface area contributed by atoms with Crippen molar-refractivity contribution >= 4 is 0 Å². The van der Waals surface area contributed by atoms with E-state index >= 15 is 0 Å². The first-order valence-corrected chi connectivity index (χ1v) is 6.40. The standard InChI is InChI=1S/C13H26O2/c1-4-5-12-6-8-13(14,9-7-12)10-15-11(2)3/h11-12,14H,4-10H2,1-3H3. The molecule has 0 aromatic heterocycles. The first kappa shape index (κ1) is 13.0. The summed E-state index contributed by atoms with van der Waals surface area (Å²) >= 11 is 0. The summed E-state index contributed by atoms with van der Waals surface area (Å²) in [5.74, 6) is 0.842. The molecule has 1 fully saturated rings. The van der Waals surface area contributed by atoms with Gasteiger partial charge in [0, 0.05) is 0 Å². The van der Waals surface area contributed by atoms with E-state index in [1.165, 1.54) is 25.7 Å². The summed E-state index contributed by atoms with van der Waals surface area (Å²) in [4.78, 5) is 0. The van der Waals surface area contributed by atoms with E-state index < -0.39 is 5.60 Å². The van der Waals surface area contributed by atoms with E-state index in [1.54, 1.807) is 0 Å². The Morgan fingerprint density at radius 2 is 1.93 bits per heavy atom. The quantitative estimate of drug-likeness (QED) is 0.762. The van der Waals surface area contributed by atoms with Gasteiger partial charge >= 0.3 is 0 Å². The molecule has 0 atom stereocenters. The molecule has 0 radical (unpaired) electrons. The molecule has 1 saturated carbocycles. The molecule has 1 rings (SSSR count). The van der Waals surface area contributed by atoms with Crippen LogP contribution in [0.1, 0.15) is 59.3 Å². The average molecular weight is 214 g/mol. The molecule has 0 unspecified atom stereocenters. The lowest BCUT2D eigenvalue weighted by Crippen LogP contribution is -2.39. The van der Waals surface area contributed by atoms with Gasteiger partial charge in [0.2, 0.25) is 0 Å². The zero-order chi connectivity index (χ0) is 11.3. The van der Waals surface area contributed by atoms with Crippen molar-refractivity contribution < 1.29 is 9.84 Å². The van der Waals surface area contributed by atoms with Gasteiger partial charge < -0.3 is 9.84 Å². The Morgan fingerprint density at radius 3 is 2.40 bits per heavy atom. The molecule has 0 aromatic carbocycles. The van der Waals surface area contributed by atoms with Crippen LogP contribution in [0, 0.1) is 5.92 Å². The van der Waals surface area contributed by atoms with Crippen LogP contribution in [0.3, 0.4) is 0 Å². The first-order chi connectivity index (χ1) is 7.06. The van der Waals surface area contributed by atoms with Crippen LogP contribution in [0.25, 0.3) is 0 Å². The minimum absolute atomic E-state index is 0.224. The molecular formula is C13H26O2. The Balaban J connectivity index is 2.27. The number of rotatable bonds is 5. The van der Waals surface area contributed by atoms with E-state index in [9.17, 15) is 5.11 Å². The van der Waals surface area contributed by atoms with Gasteiger partial charge in [-0.05, 0) is 45.4 Å². The van der Waals surface area contributed by atoms with Gasteiger partial charge in [-0.1, -0.05) is 19.8 Å². The van der Waals surface area contributed by atoms with Crippen molar-refractivity contribution in [3.05, 3.63) is 0 Å². The summed E-state index contributed by atoms with van der Waals surface area (Å²) in [7, 11) is 0. The van der Waals surface area contributed by atoms with Gasteiger partial charge in [-0.2, -0.15) is 0 Å². The van der Waals surface area contributed by atoms with Gasteiger partial charge in [-0.15, -0.1) is 0 Å². The predicted molar refractivity (Wildman–Crippen MR) is 62.9 cm³/mol. The fraction of sp³-hybridized carbons (Fsp3) is 1.00. The Hall–Kier alpha value is -0.0800. The number of ether oxygens (including phenoxy) is 1. The van der Waals surface area contributed by atoms with Crippen LogP contribution in [0.2, 0.25) is 0 Å². The zero-order valence-corrected chi connectivity index (χ0v) is 10.5. The third kappa shape index (κ3) is 4.52. The van der Waals surface area contributed by atoms with E-state index in [-0.39, 0.29) is 6.10 Å². The summed E-state index contributed by atoms with van der Waals surface area (Å²) in [6.07, 6.45) is 7.00. The lowest BCUT2D eigenvalue weighted by Gasteiger charge is -2.36. The van der Waals surface area contributed by atoms with Crippen LogP contribution in [0.4, 0.5) is 0 Å². The second-order valence-electron chi connectivity index (χ2n) is 5.32. The molecule has 2 nitrogen and oxygen atoms in total. The van der Waals surface area contributed by atoms with Crippen molar-refractivity contribution in [2.45, 2.75) is 71.0 Å². The zero-order valence-electron chi connectivity index (χ0n) is 10.5. The maximum Gasteiger partial charge on any atom is 0.0880 e. The topological polar surface area (TPSA) is 29.5 Å². The Labute approximate surface area is 94.0 Å². The fourth-order valence-electron chi connectivity index (χ4n) is 2.38. The van der Waals surface area contributed by atoms with Crippen LogP contribution in [0.15, 0.2) is 0 Å². The molecule has 0 spiro atoms. The van der Waals surface area contributed by atoms with E-state index in [2.05, 4.69) is 6.92 Å². The van der Waals surface area contributed by atoms with Crippen molar-refractivity contribution in [3.8, 4) is 0 Å². The van der Waals surface area contributed by atoms with Crippen LogP contribution >= 0.6 is 0 Å². The molecule has 90 valence electrons. The second kappa shape index (κ2) is 5.86. The third-order valence-electron chi connectivity index (χ3n) is 3.42. The van der Waals surface area contributed by atoms with Gasteiger partial charge in [0.1, 0.15) is 0 Å². The SMILES string of the molecule is CCCC1CCC(O)(COC(C)C)CC1. The molecule has 1 aliphatic carbocycles. The fourth-order valence-corrected chi connectivity index (χ4v) is 2.38. The second-order valence-corrected chi connectivity index (χ2v) is 5.32. The molecule has 0 heterocycles. The van der Waals surface area contributed by atoms with Gasteiger partial charge in [-0.25, -0.2) is 0 Å². The van der Waals surface area contributed by atoms with Crippen molar-refractivity contribution in [2.75, 3.05) is 6.61 Å². The predicted octanol–water partition coefficient (Wildman–Crippen LogP) is 3.13. The van der Waals surface area contributed by atoms with Crippen molar-refractivity contribution in [1.29, 1.82) is 0 Å². The van der Waals surface area contributed by atoms with Gasteiger partial charge in [-0.3, -0.25) is 0 Å². The summed E-state index contributed by atoms with van der Waals surface area (Å²) in [6.45, 7) is 6.80. The number of hydrogen-bond acceptors (Lipinski definition) is 2. The Kier molecular flexibility index (Phi) is 5.07. The van der Waals surface area contributed by atoms with E-state index in [0.717, 1.165) is 18.8 Å². The highest BCUT2D eigenvalue weighted by Crippen LogP contribution is 2.34. The summed E-state index contributed by atoms with van der Waals surface area (Å²) < 4.78 is 5.53. The van der Waals surface area contributed by atoms with Crippen molar-refractivity contribution in [1.82, 2.24) is 0 Å². The summed E-state index contributed by atoms with van der Waals surface area (Å²) in [5.41, 5.74) is -0.533. The van der Waals surface area contributed by atoms with Gasteiger partial charge in [0.25, 0.3) is 0 Å². The average Bonchev–Trinajstić information content (AvgIpc) is 2.20. The van der Waals surface area contributed by atoms with E-state index in [4.69, 9.17) is 4.74 Å². The molecule has 0 aromatic rings. The summed E-state index contributed by atoms with van der Waals surface area (Å²) in [6, 6.07) is 0. The molecular weight excluding hydrogens is 188 g/mol. The molecule has 0 amide bonds. The lowest BCUT2D eigenvalue weighted by atomic mass is 9.77. The first-order valence-electron chi connectivity index (χ1n) is 6.40. The minimum atomic E-state index is -0.533. The third-order valence-corrected chi connectivity index (χ3v) is 3.42. The smallest absolute Gasteiger partial charge is 0.0880 e. The van der Waals surface area contributed by atoms with Gasteiger partial charge in [0.15, 0.2) is 0 Å². The molecule has 0 saturated heterocycles. The molecule has 1 aliphatic rings.